The Labute approximate surface area is 111 Å². The van der Waals surface area contributed by atoms with Gasteiger partial charge in [-0.1, -0.05) is 0 Å². The minimum absolute atomic E-state index is 0. The van der Waals surface area contributed by atoms with E-state index < -0.39 is 6.03 Å². The van der Waals surface area contributed by atoms with Crippen LogP contribution in [0.2, 0.25) is 0 Å². The van der Waals surface area contributed by atoms with E-state index in [2.05, 4.69) is 10.6 Å². The Kier molecular flexibility index (Phi) is 4.92. The van der Waals surface area contributed by atoms with Crippen molar-refractivity contribution in [2.75, 3.05) is 32.7 Å². The SMILES string of the molecule is C[C@H]1CNCCN1C(=O)CN1CC(=O)NC1=O.Cl. The maximum Gasteiger partial charge on any atom is 0.325 e. The third-order valence-corrected chi connectivity index (χ3v) is 3.02. The van der Waals surface area contributed by atoms with Crippen molar-refractivity contribution in [1.29, 1.82) is 0 Å². The van der Waals surface area contributed by atoms with Crippen molar-refractivity contribution in [3.05, 3.63) is 0 Å². The molecule has 0 aromatic carbocycles. The fourth-order valence-electron chi connectivity index (χ4n) is 2.08. The zero-order valence-electron chi connectivity index (χ0n) is 10.1. The van der Waals surface area contributed by atoms with Gasteiger partial charge >= 0.3 is 6.03 Å². The fraction of sp³-hybridized carbons (Fsp3) is 0.700. The van der Waals surface area contributed by atoms with Crippen molar-refractivity contribution in [3.8, 4) is 0 Å². The average Bonchev–Trinajstić information content (AvgIpc) is 2.58. The van der Waals surface area contributed by atoms with Crippen molar-refractivity contribution < 1.29 is 14.4 Å². The summed E-state index contributed by atoms with van der Waals surface area (Å²) in [5, 5.41) is 5.34. The van der Waals surface area contributed by atoms with Gasteiger partial charge in [-0.2, -0.15) is 0 Å². The molecule has 2 rings (SSSR count). The molecule has 2 aliphatic heterocycles. The number of halogens is 1. The maximum atomic E-state index is 12.0. The predicted molar refractivity (Wildman–Crippen MR) is 66.4 cm³/mol. The van der Waals surface area contributed by atoms with Crippen LogP contribution < -0.4 is 10.6 Å². The third kappa shape index (κ3) is 3.11. The van der Waals surface area contributed by atoms with E-state index in [-0.39, 0.29) is 43.4 Å². The summed E-state index contributed by atoms with van der Waals surface area (Å²) in [6.45, 7) is 4.08. The number of carbonyl (C=O) groups is 3. The van der Waals surface area contributed by atoms with Crippen LogP contribution in [0.25, 0.3) is 0 Å². The van der Waals surface area contributed by atoms with Crippen LogP contribution in [-0.4, -0.2) is 66.4 Å². The number of piperazine rings is 1. The molecule has 0 spiro atoms. The van der Waals surface area contributed by atoms with Crippen LogP contribution in [0.4, 0.5) is 4.79 Å². The Bertz CT molecular complexity index is 363. The lowest BCUT2D eigenvalue weighted by Crippen LogP contribution is -2.54. The maximum absolute atomic E-state index is 12.0. The van der Waals surface area contributed by atoms with Crippen molar-refractivity contribution in [2.24, 2.45) is 0 Å². The Morgan fingerprint density at radius 1 is 1.44 bits per heavy atom. The van der Waals surface area contributed by atoms with Crippen molar-refractivity contribution >= 4 is 30.3 Å². The van der Waals surface area contributed by atoms with Crippen LogP contribution in [0.5, 0.6) is 0 Å². The third-order valence-electron chi connectivity index (χ3n) is 3.02. The molecule has 1 atom stereocenters. The smallest absolute Gasteiger partial charge is 0.325 e. The van der Waals surface area contributed by atoms with Gasteiger partial charge in [0.2, 0.25) is 11.8 Å². The van der Waals surface area contributed by atoms with Crippen molar-refractivity contribution in [3.63, 3.8) is 0 Å². The van der Waals surface area contributed by atoms with Gasteiger partial charge in [0.1, 0.15) is 13.1 Å². The summed E-state index contributed by atoms with van der Waals surface area (Å²) in [5.41, 5.74) is 0. The Balaban J connectivity index is 0.00000162. The highest BCUT2D eigenvalue weighted by atomic mass is 35.5. The summed E-state index contributed by atoms with van der Waals surface area (Å²) in [4.78, 5) is 37.2. The molecule has 0 unspecified atom stereocenters. The first-order chi connectivity index (χ1) is 8.08. The van der Waals surface area contributed by atoms with Gasteiger partial charge in [0.05, 0.1) is 0 Å². The highest BCUT2D eigenvalue weighted by Crippen LogP contribution is 2.05. The van der Waals surface area contributed by atoms with Crippen molar-refractivity contribution in [1.82, 2.24) is 20.4 Å². The van der Waals surface area contributed by atoms with Gasteiger partial charge < -0.3 is 15.1 Å². The number of imide groups is 1. The van der Waals surface area contributed by atoms with Gasteiger partial charge in [-0.15, -0.1) is 12.4 Å². The molecule has 2 saturated heterocycles. The standard InChI is InChI=1S/C10H16N4O3.ClH/c1-7-4-11-2-3-14(7)9(16)6-13-5-8(15)12-10(13)17;/h7,11H,2-6H2,1H3,(H,12,15,17);1H/t7-;/m0./s1. The fourth-order valence-corrected chi connectivity index (χ4v) is 2.08. The van der Waals surface area contributed by atoms with E-state index in [4.69, 9.17) is 0 Å². The molecule has 8 heteroatoms. The quantitative estimate of drug-likeness (QED) is 0.620. The van der Waals surface area contributed by atoms with Crippen LogP contribution in [0.1, 0.15) is 6.92 Å². The van der Waals surface area contributed by atoms with E-state index in [1.807, 2.05) is 6.92 Å². The van der Waals surface area contributed by atoms with Gasteiger partial charge in [0.25, 0.3) is 0 Å². The van der Waals surface area contributed by atoms with E-state index in [0.717, 1.165) is 13.1 Å². The van der Waals surface area contributed by atoms with Gasteiger partial charge in [-0.3, -0.25) is 14.9 Å². The molecule has 4 amide bonds. The molecular weight excluding hydrogens is 260 g/mol. The molecule has 102 valence electrons. The first-order valence-corrected chi connectivity index (χ1v) is 5.67. The molecule has 2 aliphatic rings. The first-order valence-electron chi connectivity index (χ1n) is 5.67. The Morgan fingerprint density at radius 3 is 2.72 bits per heavy atom. The van der Waals surface area contributed by atoms with E-state index in [1.54, 1.807) is 4.90 Å². The van der Waals surface area contributed by atoms with Crippen LogP contribution in [0.3, 0.4) is 0 Å². The monoisotopic (exact) mass is 276 g/mol. The van der Waals surface area contributed by atoms with Crippen LogP contribution in [-0.2, 0) is 9.59 Å². The molecular formula is C10H17ClN4O3. The minimum atomic E-state index is -0.480. The molecule has 18 heavy (non-hydrogen) atoms. The second-order valence-electron chi connectivity index (χ2n) is 4.35. The number of hydrogen-bond donors (Lipinski definition) is 2. The van der Waals surface area contributed by atoms with E-state index >= 15 is 0 Å². The molecule has 0 aliphatic carbocycles. The summed E-state index contributed by atoms with van der Waals surface area (Å²) in [5.74, 6) is -0.458. The van der Waals surface area contributed by atoms with Gasteiger partial charge in [-0.05, 0) is 6.92 Å². The lowest BCUT2D eigenvalue weighted by atomic mass is 10.2. The Morgan fingerprint density at radius 2 is 2.17 bits per heavy atom. The van der Waals surface area contributed by atoms with Crippen LogP contribution in [0, 0.1) is 0 Å². The summed E-state index contributed by atoms with van der Waals surface area (Å²) in [7, 11) is 0. The summed E-state index contributed by atoms with van der Waals surface area (Å²) in [6, 6.07) is -0.358. The largest absolute Gasteiger partial charge is 0.336 e. The second-order valence-corrected chi connectivity index (χ2v) is 4.35. The van der Waals surface area contributed by atoms with E-state index in [9.17, 15) is 14.4 Å². The van der Waals surface area contributed by atoms with Crippen LogP contribution in [0.15, 0.2) is 0 Å². The summed E-state index contributed by atoms with van der Waals surface area (Å²) >= 11 is 0. The predicted octanol–water partition coefficient (Wildman–Crippen LogP) is -1.22. The molecule has 2 heterocycles. The highest BCUT2D eigenvalue weighted by molar-refractivity contribution is 6.03. The molecule has 0 aromatic rings. The molecule has 0 saturated carbocycles. The number of nitrogens with one attached hydrogen (secondary N) is 2. The summed E-state index contributed by atoms with van der Waals surface area (Å²) < 4.78 is 0. The first kappa shape index (κ1) is 14.7. The second kappa shape index (κ2) is 6.01. The Hall–Kier alpha value is -1.34. The number of nitrogens with zero attached hydrogens (tertiary/aromatic N) is 2. The number of hydrogen-bond acceptors (Lipinski definition) is 4. The molecule has 2 N–H and O–H groups in total. The van der Waals surface area contributed by atoms with E-state index in [0.29, 0.717) is 6.54 Å². The van der Waals surface area contributed by atoms with Gasteiger partial charge in [-0.25, -0.2) is 4.79 Å². The zero-order valence-corrected chi connectivity index (χ0v) is 11.0. The molecule has 0 aromatic heterocycles. The molecule has 0 radical (unpaired) electrons. The van der Waals surface area contributed by atoms with E-state index in [1.165, 1.54) is 4.90 Å². The average molecular weight is 277 g/mol. The lowest BCUT2D eigenvalue weighted by Gasteiger charge is -2.34. The lowest BCUT2D eigenvalue weighted by molar-refractivity contribution is -0.134. The number of carbonyl (C=O) groups excluding carboxylic acids is 3. The topological polar surface area (TPSA) is 81.8 Å². The number of rotatable bonds is 2. The van der Waals surface area contributed by atoms with Gasteiger partial charge in [0, 0.05) is 25.7 Å². The van der Waals surface area contributed by atoms with Crippen molar-refractivity contribution in [2.45, 2.75) is 13.0 Å². The molecule has 7 nitrogen and oxygen atoms in total. The number of amides is 4. The normalized spacial score (nSPS) is 23.7. The van der Waals surface area contributed by atoms with Gasteiger partial charge in [0.15, 0.2) is 0 Å². The van der Waals surface area contributed by atoms with Crippen LogP contribution >= 0.6 is 12.4 Å². The molecule has 0 bridgehead atoms. The number of urea groups is 1. The summed E-state index contributed by atoms with van der Waals surface area (Å²) in [6.07, 6.45) is 0. The zero-order chi connectivity index (χ0) is 12.4. The minimum Gasteiger partial charge on any atom is -0.336 e. The molecule has 2 fully saturated rings. The highest BCUT2D eigenvalue weighted by Gasteiger charge is 2.31.